The van der Waals surface area contributed by atoms with Crippen LogP contribution in [0.2, 0.25) is 0 Å². The molecule has 18 heavy (non-hydrogen) atoms. The fourth-order valence-corrected chi connectivity index (χ4v) is 2.48. The lowest BCUT2D eigenvalue weighted by molar-refractivity contribution is -0.140. The summed E-state index contributed by atoms with van der Waals surface area (Å²) < 4.78 is 0. The summed E-state index contributed by atoms with van der Waals surface area (Å²) in [6.07, 6.45) is 2.41. The summed E-state index contributed by atoms with van der Waals surface area (Å²) in [5, 5.41) is 18.3. The maximum atomic E-state index is 12.0. The van der Waals surface area contributed by atoms with Crippen molar-refractivity contribution >= 4 is 17.7 Å². The average Bonchev–Trinajstić information content (AvgIpc) is 2.66. The third-order valence-electron chi connectivity index (χ3n) is 3.72. The lowest BCUT2D eigenvalue weighted by atomic mass is 10.1. The zero-order valence-corrected chi connectivity index (χ0v) is 10.7. The lowest BCUT2D eigenvalue weighted by Gasteiger charge is -2.05. The number of aliphatic carboxylic acids is 1. The molecule has 0 bridgehead atoms. The first kappa shape index (κ1) is 12.6. The molecule has 1 fully saturated rings. The van der Waals surface area contributed by atoms with Gasteiger partial charge in [-0.2, -0.15) is 5.10 Å². The molecular formula is C12H17N3O3. The molecule has 0 radical (unpaired) electrons. The van der Waals surface area contributed by atoms with Crippen molar-refractivity contribution in [3.05, 3.63) is 11.8 Å². The van der Waals surface area contributed by atoms with E-state index in [1.54, 1.807) is 20.0 Å². The van der Waals surface area contributed by atoms with E-state index < -0.39 is 23.2 Å². The van der Waals surface area contributed by atoms with E-state index >= 15 is 0 Å². The molecule has 1 aliphatic rings. The van der Waals surface area contributed by atoms with E-state index in [0.717, 1.165) is 12.0 Å². The minimum absolute atomic E-state index is 0.258. The van der Waals surface area contributed by atoms with Crippen molar-refractivity contribution in [3.63, 3.8) is 0 Å². The van der Waals surface area contributed by atoms with Crippen molar-refractivity contribution in [2.45, 2.75) is 27.2 Å². The molecule has 1 aromatic rings. The summed E-state index contributed by atoms with van der Waals surface area (Å²) in [6, 6.07) is 0. The molecule has 1 aliphatic carbocycles. The van der Waals surface area contributed by atoms with E-state index in [9.17, 15) is 9.59 Å². The van der Waals surface area contributed by atoms with Crippen molar-refractivity contribution in [2.24, 2.45) is 17.3 Å². The van der Waals surface area contributed by atoms with E-state index in [2.05, 4.69) is 15.5 Å². The van der Waals surface area contributed by atoms with Gasteiger partial charge in [0.1, 0.15) is 5.82 Å². The molecule has 2 atom stereocenters. The second-order valence-corrected chi connectivity index (χ2v) is 5.23. The smallest absolute Gasteiger partial charge is 0.307 e. The van der Waals surface area contributed by atoms with Crippen molar-refractivity contribution in [2.75, 3.05) is 5.32 Å². The molecule has 0 aromatic carbocycles. The summed E-state index contributed by atoms with van der Waals surface area (Å²) in [6.45, 7) is 5.55. The summed E-state index contributed by atoms with van der Waals surface area (Å²) >= 11 is 0. The van der Waals surface area contributed by atoms with Crippen LogP contribution < -0.4 is 5.32 Å². The molecule has 1 amide bonds. The Hall–Kier alpha value is -1.85. The van der Waals surface area contributed by atoms with Crippen LogP contribution in [0, 0.1) is 17.3 Å². The van der Waals surface area contributed by atoms with Crippen LogP contribution in [0.3, 0.4) is 0 Å². The molecule has 1 saturated carbocycles. The number of hydrogen-bond acceptors (Lipinski definition) is 3. The van der Waals surface area contributed by atoms with Crippen LogP contribution in [-0.2, 0) is 16.0 Å². The number of hydrogen-bond donors (Lipinski definition) is 3. The van der Waals surface area contributed by atoms with Gasteiger partial charge in [0.05, 0.1) is 18.0 Å². The number of nitrogens with one attached hydrogen (secondary N) is 2. The Balaban J connectivity index is 2.09. The highest BCUT2D eigenvalue weighted by atomic mass is 16.4. The number of aromatic amines is 1. The summed E-state index contributed by atoms with van der Waals surface area (Å²) in [4.78, 5) is 23.1. The number of nitrogens with zero attached hydrogens (tertiary/aromatic N) is 1. The normalized spacial score (nSPS) is 24.6. The zero-order valence-electron chi connectivity index (χ0n) is 10.7. The average molecular weight is 251 g/mol. The number of carbonyl (C=O) groups excluding carboxylic acids is 1. The highest BCUT2D eigenvalue weighted by Gasteiger charge is 2.65. The monoisotopic (exact) mass is 251 g/mol. The first-order valence-electron chi connectivity index (χ1n) is 5.95. The number of carboxylic acids is 1. The Morgan fingerprint density at radius 3 is 2.67 bits per heavy atom. The summed E-state index contributed by atoms with van der Waals surface area (Å²) in [7, 11) is 0. The topological polar surface area (TPSA) is 95.1 Å². The van der Waals surface area contributed by atoms with Crippen LogP contribution in [0.5, 0.6) is 0 Å². The van der Waals surface area contributed by atoms with Crippen LogP contribution in [0.1, 0.15) is 26.3 Å². The van der Waals surface area contributed by atoms with E-state index in [-0.39, 0.29) is 5.91 Å². The first-order valence-corrected chi connectivity index (χ1v) is 5.95. The maximum Gasteiger partial charge on any atom is 0.307 e. The number of aryl methyl sites for hydroxylation is 1. The van der Waals surface area contributed by atoms with Gasteiger partial charge in [0, 0.05) is 5.56 Å². The second-order valence-electron chi connectivity index (χ2n) is 5.23. The highest BCUT2D eigenvalue weighted by molar-refractivity contribution is 5.99. The Bertz CT molecular complexity index is 493. The number of anilines is 1. The van der Waals surface area contributed by atoms with Crippen molar-refractivity contribution in [3.8, 4) is 0 Å². The van der Waals surface area contributed by atoms with Gasteiger partial charge < -0.3 is 10.4 Å². The van der Waals surface area contributed by atoms with Crippen LogP contribution in [0.25, 0.3) is 0 Å². The molecule has 2 rings (SSSR count). The van der Waals surface area contributed by atoms with Gasteiger partial charge >= 0.3 is 5.97 Å². The van der Waals surface area contributed by atoms with Gasteiger partial charge in [-0.25, -0.2) is 0 Å². The number of rotatable bonds is 4. The van der Waals surface area contributed by atoms with Gasteiger partial charge in [0.15, 0.2) is 0 Å². The number of carboxylic acid groups (broad SMARTS) is 1. The fourth-order valence-electron chi connectivity index (χ4n) is 2.48. The number of carbonyl (C=O) groups is 2. The Morgan fingerprint density at radius 1 is 1.50 bits per heavy atom. The SMILES string of the molecule is CCc1cn[nH]c1NC(=O)C1C(C(=O)O)C1(C)C. The van der Waals surface area contributed by atoms with Crippen LogP contribution in [0.15, 0.2) is 6.20 Å². The lowest BCUT2D eigenvalue weighted by Crippen LogP contribution is -2.18. The summed E-state index contributed by atoms with van der Waals surface area (Å²) in [5.41, 5.74) is 0.427. The van der Waals surface area contributed by atoms with Gasteiger partial charge in [-0.05, 0) is 11.8 Å². The molecule has 98 valence electrons. The van der Waals surface area contributed by atoms with Gasteiger partial charge in [-0.1, -0.05) is 20.8 Å². The predicted molar refractivity (Wildman–Crippen MR) is 65.0 cm³/mol. The van der Waals surface area contributed by atoms with E-state index in [1.807, 2.05) is 6.92 Å². The predicted octanol–water partition coefficient (Wildman–Crippen LogP) is 1.27. The van der Waals surface area contributed by atoms with Crippen molar-refractivity contribution in [1.29, 1.82) is 0 Å². The Labute approximate surface area is 105 Å². The van der Waals surface area contributed by atoms with Crippen molar-refractivity contribution < 1.29 is 14.7 Å². The quantitative estimate of drug-likeness (QED) is 0.750. The van der Waals surface area contributed by atoms with Gasteiger partial charge in [0.25, 0.3) is 0 Å². The number of H-pyrrole nitrogens is 1. The molecule has 0 saturated heterocycles. The third-order valence-corrected chi connectivity index (χ3v) is 3.72. The van der Waals surface area contributed by atoms with Gasteiger partial charge in [-0.15, -0.1) is 0 Å². The summed E-state index contributed by atoms with van der Waals surface area (Å²) in [5.74, 6) is -1.70. The minimum Gasteiger partial charge on any atom is -0.481 e. The largest absolute Gasteiger partial charge is 0.481 e. The second kappa shape index (κ2) is 4.12. The molecule has 1 heterocycles. The molecule has 3 N–H and O–H groups in total. The van der Waals surface area contributed by atoms with Crippen molar-refractivity contribution in [1.82, 2.24) is 10.2 Å². The Morgan fingerprint density at radius 2 is 2.17 bits per heavy atom. The molecule has 1 aromatic heterocycles. The van der Waals surface area contributed by atoms with Crippen LogP contribution in [0.4, 0.5) is 5.82 Å². The molecule has 2 unspecified atom stereocenters. The van der Waals surface area contributed by atoms with Crippen LogP contribution in [-0.4, -0.2) is 27.2 Å². The molecule has 6 heteroatoms. The first-order chi connectivity index (χ1) is 8.39. The molecule has 0 aliphatic heterocycles. The van der Waals surface area contributed by atoms with Crippen LogP contribution >= 0.6 is 0 Å². The standard InChI is InChI=1S/C12H17N3O3/c1-4-6-5-13-15-9(6)14-10(16)7-8(11(17)18)12(7,2)3/h5,7-8H,4H2,1-3H3,(H,17,18)(H2,13,14,15,16). The third kappa shape index (κ3) is 1.87. The molecule has 6 nitrogen and oxygen atoms in total. The van der Waals surface area contributed by atoms with Gasteiger partial charge in [0.2, 0.25) is 5.91 Å². The minimum atomic E-state index is -0.916. The highest BCUT2D eigenvalue weighted by Crippen LogP contribution is 2.58. The Kier molecular flexibility index (Phi) is 2.88. The molecular weight excluding hydrogens is 234 g/mol. The number of amides is 1. The number of aromatic nitrogens is 2. The van der Waals surface area contributed by atoms with E-state index in [4.69, 9.17) is 5.11 Å². The van der Waals surface area contributed by atoms with E-state index in [1.165, 1.54) is 0 Å². The maximum absolute atomic E-state index is 12.0. The zero-order chi connectivity index (χ0) is 13.5. The molecule has 0 spiro atoms. The fraction of sp³-hybridized carbons (Fsp3) is 0.583. The van der Waals surface area contributed by atoms with Gasteiger partial charge in [-0.3, -0.25) is 14.7 Å². The van der Waals surface area contributed by atoms with E-state index in [0.29, 0.717) is 5.82 Å².